The molecule has 0 spiro atoms. The lowest BCUT2D eigenvalue weighted by Crippen LogP contribution is -1.93. The van der Waals surface area contributed by atoms with Crippen molar-refractivity contribution in [3.63, 3.8) is 0 Å². The number of ether oxygens (including phenoxy) is 2. The molecule has 0 aromatic heterocycles. The van der Waals surface area contributed by atoms with E-state index in [0.29, 0.717) is 0 Å². The number of methoxy groups -OCH3 is 1. The Hall–Kier alpha value is -1.70. The van der Waals surface area contributed by atoms with E-state index in [4.69, 9.17) is 9.47 Å². The molecule has 0 N–H and O–H groups in total. The van der Waals surface area contributed by atoms with E-state index < -0.39 is 0 Å². The summed E-state index contributed by atoms with van der Waals surface area (Å²) in [5.41, 5.74) is 2.46. The van der Waals surface area contributed by atoms with Crippen molar-refractivity contribution < 1.29 is 9.47 Å². The summed E-state index contributed by atoms with van der Waals surface area (Å²) in [7, 11) is 1.68. The van der Waals surface area contributed by atoms with Gasteiger partial charge in [0.2, 0.25) is 0 Å². The van der Waals surface area contributed by atoms with Gasteiger partial charge >= 0.3 is 0 Å². The number of hydrogen-bond acceptors (Lipinski definition) is 2. The minimum Gasteiger partial charge on any atom is -0.493 e. The van der Waals surface area contributed by atoms with E-state index in [1.165, 1.54) is 56.1 Å². The normalized spacial score (nSPS) is 11.4. The Morgan fingerprint density at radius 1 is 1.04 bits per heavy atom. The van der Waals surface area contributed by atoms with E-state index in [9.17, 15) is 0 Å². The van der Waals surface area contributed by atoms with Crippen LogP contribution in [0.15, 0.2) is 42.7 Å². The molecule has 0 atom stereocenters. The fourth-order valence-electron chi connectivity index (χ4n) is 2.69. The van der Waals surface area contributed by atoms with Crippen LogP contribution in [0, 0.1) is 0 Å². The highest BCUT2D eigenvalue weighted by molar-refractivity contribution is 5.43. The summed E-state index contributed by atoms with van der Waals surface area (Å²) in [6.07, 6.45) is 15.1. The molecule has 0 unspecified atom stereocenters. The first-order chi connectivity index (χ1) is 11.7. The molecule has 0 saturated carbocycles. The van der Waals surface area contributed by atoms with Gasteiger partial charge in [-0.05, 0) is 49.5 Å². The van der Waals surface area contributed by atoms with Crippen LogP contribution in [-0.2, 0) is 6.42 Å². The molecule has 2 nitrogen and oxygen atoms in total. The summed E-state index contributed by atoms with van der Waals surface area (Å²) in [6, 6.07) is 6.03. The predicted octanol–water partition coefficient (Wildman–Crippen LogP) is 6.85. The molecule has 0 aliphatic carbocycles. The fraction of sp³-hybridized carbons (Fsp3) is 0.545. The molecule has 0 aliphatic heterocycles. The van der Waals surface area contributed by atoms with E-state index in [0.717, 1.165) is 24.3 Å². The van der Waals surface area contributed by atoms with Crippen LogP contribution in [0.3, 0.4) is 0 Å². The summed E-state index contributed by atoms with van der Waals surface area (Å²) in [5.74, 6) is 1.54. The molecule has 0 fully saturated rings. The maximum Gasteiger partial charge on any atom is 0.168 e. The van der Waals surface area contributed by atoms with Gasteiger partial charge in [0.05, 0.1) is 13.4 Å². The highest BCUT2D eigenvalue weighted by Gasteiger charge is 2.04. The second-order valence-electron chi connectivity index (χ2n) is 6.43. The lowest BCUT2D eigenvalue weighted by Gasteiger charge is -2.10. The van der Waals surface area contributed by atoms with Crippen molar-refractivity contribution in [1.82, 2.24) is 0 Å². The number of allylic oxidation sites excluding steroid dienone is 2. The van der Waals surface area contributed by atoms with Crippen molar-refractivity contribution in [2.75, 3.05) is 7.11 Å². The van der Waals surface area contributed by atoms with Crippen molar-refractivity contribution in [2.24, 2.45) is 0 Å². The average Bonchev–Trinajstić information content (AvgIpc) is 2.60. The van der Waals surface area contributed by atoms with Gasteiger partial charge in [-0.15, -0.1) is 6.58 Å². The van der Waals surface area contributed by atoms with Gasteiger partial charge in [0, 0.05) is 0 Å². The Kier molecular flexibility index (Phi) is 10.8. The molecule has 0 radical (unpaired) electrons. The Morgan fingerprint density at radius 2 is 1.75 bits per heavy atom. The number of rotatable bonds is 13. The van der Waals surface area contributed by atoms with E-state index in [2.05, 4.69) is 26.5 Å². The standard InChI is InChI=1S/C22H34O2/c1-5-7-8-9-10-11-12-14-19(3)18-24-21-16-15-20(13-6-2)17-22(21)23-4/h6,15-18H,2,5,7-14H2,1,3-4H3. The van der Waals surface area contributed by atoms with E-state index in [-0.39, 0.29) is 0 Å². The Labute approximate surface area is 148 Å². The van der Waals surface area contributed by atoms with Gasteiger partial charge in [-0.3, -0.25) is 0 Å². The average molecular weight is 331 g/mol. The summed E-state index contributed by atoms with van der Waals surface area (Å²) < 4.78 is 11.2. The molecular formula is C22H34O2. The maximum absolute atomic E-state index is 5.82. The summed E-state index contributed by atoms with van der Waals surface area (Å²) in [6.45, 7) is 8.16. The highest BCUT2D eigenvalue weighted by Crippen LogP contribution is 2.29. The number of unbranched alkanes of at least 4 members (excludes halogenated alkanes) is 6. The Balaban J connectivity index is 2.37. The molecule has 0 bridgehead atoms. The van der Waals surface area contributed by atoms with Crippen LogP contribution in [-0.4, -0.2) is 7.11 Å². The predicted molar refractivity (Wildman–Crippen MR) is 104 cm³/mol. The molecule has 0 saturated heterocycles. The van der Waals surface area contributed by atoms with E-state index >= 15 is 0 Å². The van der Waals surface area contributed by atoms with E-state index in [1.807, 2.05) is 24.5 Å². The van der Waals surface area contributed by atoms with Gasteiger partial charge in [-0.25, -0.2) is 0 Å². The number of benzene rings is 1. The molecular weight excluding hydrogens is 296 g/mol. The van der Waals surface area contributed by atoms with Gasteiger partial charge in [0.25, 0.3) is 0 Å². The van der Waals surface area contributed by atoms with Gasteiger partial charge in [-0.2, -0.15) is 0 Å². The van der Waals surface area contributed by atoms with Crippen LogP contribution in [0.25, 0.3) is 0 Å². The fourth-order valence-corrected chi connectivity index (χ4v) is 2.69. The zero-order valence-corrected chi connectivity index (χ0v) is 15.8. The zero-order valence-electron chi connectivity index (χ0n) is 15.8. The van der Waals surface area contributed by atoms with Crippen LogP contribution in [0.5, 0.6) is 11.5 Å². The summed E-state index contributed by atoms with van der Waals surface area (Å²) >= 11 is 0. The van der Waals surface area contributed by atoms with Crippen LogP contribution < -0.4 is 9.47 Å². The van der Waals surface area contributed by atoms with Crippen molar-refractivity contribution in [3.8, 4) is 11.5 Å². The van der Waals surface area contributed by atoms with Gasteiger partial charge in [0.1, 0.15) is 0 Å². The van der Waals surface area contributed by atoms with E-state index in [1.54, 1.807) is 7.11 Å². The molecule has 0 heterocycles. The molecule has 0 aliphatic rings. The second kappa shape index (κ2) is 12.7. The molecule has 1 aromatic rings. The summed E-state index contributed by atoms with van der Waals surface area (Å²) in [4.78, 5) is 0. The third-order valence-corrected chi connectivity index (χ3v) is 4.17. The summed E-state index contributed by atoms with van der Waals surface area (Å²) in [5, 5.41) is 0. The van der Waals surface area contributed by atoms with Gasteiger partial charge in [0.15, 0.2) is 11.5 Å². The highest BCUT2D eigenvalue weighted by atomic mass is 16.5. The first-order valence-corrected chi connectivity index (χ1v) is 9.31. The molecule has 1 rings (SSSR count). The van der Waals surface area contributed by atoms with Crippen molar-refractivity contribution in [2.45, 2.75) is 71.6 Å². The van der Waals surface area contributed by atoms with Crippen molar-refractivity contribution in [1.29, 1.82) is 0 Å². The first kappa shape index (κ1) is 20.3. The topological polar surface area (TPSA) is 18.5 Å². The minimum atomic E-state index is 0.768. The molecule has 1 aromatic carbocycles. The first-order valence-electron chi connectivity index (χ1n) is 9.31. The van der Waals surface area contributed by atoms with Crippen LogP contribution in [0.2, 0.25) is 0 Å². The lowest BCUT2D eigenvalue weighted by molar-refractivity contribution is 0.376. The maximum atomic E-state index is 5.82. The van der Waals surface area contributed by atoms with Gasteiger partial charge < -0.3 is 9.47 Å². The van der Waals surface area contributed by atoms with Crippen molar-refractivity contribution in [3.05, 3.63) is 48.3 Å². The lowest BCUT2D eigenvalue weighted by atomic mass is 10.1. The minimum absolute atomic E-state index is 0.768. The molecule has 24 heavy (non-hydrogen) atoms. The molecule has 134 valence electrons. The largest absolute Gasteiger partial charge is 0.493 e. The Morgan fingerprint density at radius 3 is 2.42 bits per heavy atom. The monoisotopic (exact) mass is 330 g/mol. The quantitative estimate of drug-likeness (QED) is 0.224. The zero-order chi connectivity index (χ0) is 17.6. The molecule has 0 amide bonds. The Bertz CT molecular complexity index is 503. The van der Waals surface area contributed by atoms with Crippen LogP contribution >= 0.6 is 0 Å². The second-order valence-corrected chi connectivity index (χ2v) is 6.43. The smallest absolute Gasteiger partial charge is 0.168 e. The molecule has 2 heteroatoms. The van der Waals surface area contributed by atoms with Crippen LogP contribution in [0.4, 0.5) is 0 Å². The van der Waals surface area contributed by atoms with Gasteiger partial charge in [-0.1, -0.05) is 57.6 Å². The third-order valence-electron chi connectivity index (χ3n) is 4.17. The SMILES string of the molecule is C=CCc1ccc(OC=C(C)CCCCCCCCC)c(OC)c1. The third kappa shape index (κ3) is 8.24. The van der Waals surface area contributed by atoms with Crippen molar-refractivity contribution >= 4 is 0 Å². The number of hydrogen-bond donors (Lipinski definition) is 0. The van der Waals surface area contributed by atoms with Crippen LogP contribution in [0.1, 0.15) is 70.8 Å².